The molecule has 0 aromatic rings. The second kappa shape index (κ2) is 8.95. The molecule has 0 aromatic carbocycles. The Hall–Kier alpha value is -0.630. The van der Waals surface area contributed by atoms with Crippen LogP contribution in [-0.4, -0.2) is 19.5 Å². The third-order valence-corrected chi connectivity index (χ3v) is 2.24. The highest BCUT2D eigenvalue weighted by Gasteiger charge is 2.02. The summed E-state index contributed by atoms with van der Waals surface area (Å²) in [6, 6.07) is 0. The molecule has 2 unspecified atom stereocenters. The summed E-state index contributed by atoms with van der Waals surface area (Å²) in [4.78, 5) is 10.4. The molecule has 0 radical (unpaired) electrons. The first-order valence-electron chi connectivity index (χ1n) is 5.41. The van der Waals surface area contributed by atoms with Crippen LogP contribution in [0.15, 0.2) is 12.2 Å². The third kappa shape index (κ3) is 6.84. The van der Waals surface area contributed by atoms with E-state index in [2.05, 4.69) is 6.92 Å². The minimum atomic E-state index is -0.00109. The molecule has 0 aliphatic heterocycles. The van der Waals surface area contributed by atoms with Crippen molar-refractivity contribution in [2.24, 2.45) is 5.92 Å². The van der Waals surface area contributed by atoms with Crippen LogP contribution in [-0.2, 0) is 9.53 Å². The van der Waals surface area contributed by atoms with Crippen LogP contribution in [0.3, 0.4) is 0 Å². The number of ether oxygens (including phenoxy) is 1. The van der Waals surface area contributed by atoms with Gasteiger partial charge in [-0.1, -0.05) is 45.3 Å². The van der Waals surface area contributed by atoms with E-state index >= 15 is 0 Å². The van der Waals surface area contributed by atoms with E-state index in [1.54, 1.807) is 7.11 Å². The lowest BCUT2D eigenvalue weighted by Crippen LogP contribution is -2.07. The summed E-state index contributed by atoms with van der Waals surface area (Å²) in [5.74, 6) is -0.00109. The molecule has 0 amide bonds. The summed E-state index contributed by atoms with van der Waals surface area (Å²) in [6.45, 7) is 4.06. The van der Waals surface area contributed by atoms with Gasteiger partial charge in [0.2, 0.25) is 0 Å². The van der Waals surface area contributed by atoms with Crippen LogP contribution in [0.5, 0.6) is 0 Å². The van der Waals surface area contributed by atoms with Gasteiger partial charge in [-0.05, 0) is 6.42 Å². The van der Waals surface area contributed by atoms with Crippen molar-refractivity contribution in [3.8, 4) is 0 Å². The van der Waals surface area contributed by atoms with Crippen molar-refractivity contribution in [3.05, 3.63) is 12.2 Å². The van der Waals surface area contributed by atoms with Gasteiger partial charge in [0.1, 0.15) is 6.29 Å². The first-order chi connectivity index (χ1) is 6.74. The zero-order valence-corrected chi connectivity index (χ0v) is 9.53. The zero-order chi connectivity index (χ0) is 10.8. The van der Waals surface area contributed by atoms with Gasteiger partial charge in [0.25, 0.3) is 0 Å². The minimum Gasteiger partial charge on any atom is -0.377 e. The van der Waals surface area contributed by atoms with Crippen molar-refractivity contribution in [1.82, 2.24) is 0 Å². The normalized spacial score (nSPS) is 15.6. The number of rotatable bonds is 8. The van der Waals surface area contributed by atoms with Crippen molar-refractivity contribution >= 4 is 6.29 Å². The number of unbranched alkanes of at least 4 members (excludes halogenated alkanes) is 2. The Balaban J connectivity index is 3.77. The van der Waals surface area contributed by atoms with Gasteiger partial charge in [-0.3, -0.25) is 0 Å². The van der Waals surface area contributed by atoms with Crippen molar-refractivity contribution in [2.75, 3.05) is 7.11 Å². The highest BCUT2D eigenvalue weighted by atomic mass is 16.5. The van der Waals surface area contributed by atoms with E-state index in [1.165, 1.54) is 19.3 Å². The molecule has 2 heteroatoms. The number of methoxy groups -OCH3 is 1. The Morgan fingerprint density at radius 3 is 2.50 bits per heavy atom. The van der Waals surface area contributed by atoms with E-state index in [0.717, 1.165) is 12.7 Å². The predicted molar refractivity (Wildman–Crippen MR) is 59.3 cm³/mol. The number of carbonyl (C=O) groups excluding carboxylic acids is 1. The molecule has 0 aromatic heterocycles. The van der Waals surface area contributed by atoms with Crippen LogP contribution in [0.1, 0.15) is 39.5 Å². The number of hydrogen-bond acceptors (Lipinski definition) is 2. The Morgan fingerprint density at radius 1 is 1.29 bits per heavy atom. The van der Waals surface area contributed by atoms with Gasteiger partial charge in [-0.2, -0.15) is 0 Å². The van der Waals surface area contributed by atoms with Crippen LogP contribution >= 0.6 is 0 Å². The second-order valence-corrected chi connectivity index (χ2v) is 3.65. The standard InChI is InChI=1S/C12H22O2/c1-4-5-6-7-12(14-3)9-8-11(2)10-13/h8-12H,4-7H2,1-3H3. The molecule has 0 spiro atoms. The number of hydrogen-bond donors (Lipinski definition) is 0. The summed E-state index contributed by atoms with van der Waals surface area (Å²) >= 11 is 0. The molecule has 0 heterocycles. The van der Waals surface area contributed by atoms with Gasteiger partial charge in [0.15, 0.2) is 0 Å². The van der Waals surface area contributed by atoms with Crippen LogP contribution in [0.4, 0.5) is 0 Å². The maximum absolute atomic E-state index is 10.4. The fourth-order valence-corrected chi connectivity index (χ4v) is 1.23. The summed E-state index contributed by atoms with van der Waals surface area (Å²) in [5, 5.41) is 0. The number of aldehydes is 1. The lowest BCUT2D eigenvalue weighted by molar-refractivity contribution is -0.109. The smallest absolute Gasteiger partial charge is 0.126 e. The van der Waals surface area contributed by atoms with Gasteiger partial charge in [0, 0.05) is 13.0 Å². The molecule has 0 aliphatic rings. The van der Waals surface area contributed by atoms with E-state index < -0.39 is 0 Å². The fourth-order valence-electron chi connectivity index (χ4n) is 1.23. The summed E-state index contributed by atoms with van der Waals surface area (Å²) in [6.07, 6.45) is 9.73. The maximum Gasteiger partial charge on any atom is 0.126 e. The molecule has 0 bridgehead atoms. The molecule has 0 saturated heterocycles. The lowest BCUT2D eigenvalue weighted by Gasteiger charge is -2.10. The third-order valence-electron chi connectivity index (χ3n) is 2.24. The van der Waals surface area contributed by atoms with Crippen molar-refractivity contribution in [3.63, 3.8) is 0 Å². The number of carbonyl (C=O) groups is 1. The molecule has 0 rings (SSSR count). The minimum absolute atomic E-state index is 0.00109. The Kier molecular flexibility index (Phi) is 8.54. The first-order valence-corrected chi connectivity index (χ1v) is 5.41. The highest BCUT2D eigenvalue weighted by Crippen LogP contribution is 2.08. The first kappa shape index (κ1) is 13.4. The van der Waals surface area contributed by atoms with Crippen LogP contribution in [0.25, 0.3) is 0 Å². The molecule has 82 valence electrons. The zero-order valence-electron chi connectivity index (χ0n) is 9.53. The quantitative estimate of drug-likeness (QED) is 0.340. The molecule has 0 fully saturated rings. The summed E-state index contributed by atoms with van der Waals surface area (Å²) in [5.41, 5.74) is 0. The average molecular weight is 198 g/mol. The highest BCUT2D eigenvalue weighted by molar-refractivity contribution is 5.55. The van der Waals surface area contributed by atoms with Crippen molar-refractivity contribution in [2.45, 2.75) is 45.6 Å². The molecule has 0 N–H and O–H groups in total. The molecule has 0 aliphatic carbocycles. The summed E-state index contributed by atoms with van der Waals surface area (Å²) < 4.78 is 5.29. The van der Waals surface area contributed by atoms with Gasteiger partial charge in [0.05, 0.1) is 6.10 Å². The molecule has 2 nitrogen and oxygen atoms in total. The van der Waals surface area contributed by atoms with Crippen LogP contribution in [0.2, 0.25) is 0 Å². The fraction of sp³-hybridized carbons (Fsp3) is 0.750. The topological polar surface area (TPSA) is 26.3 Å². The van der Waals surface area contributed by atoms with E-state index in [9.17, 15) is 4.79 Å². The van der Waals surface area contributed by atoms with Gasteiger partial charge in [-0.15, -0.1) is 0 Å². The van der Waals surface area contributed by atoms with E-state index in [1.807, 2.05) is 19.1 Å². The van der Waals surface area contributed by atoms with E-state index in [4.69, 9.17) is 4.74 Å². The monoisotopic (exact) mass is 198 g/mol. The molecule has 2 atom stereocenters. The summed E-state index contributed by atoms with van der Waals surface area (Å²) in [7, 11) is 1.71. The van der Waals surface area contributed by atoms with Gasteiger partial charge >= 0.3 is 0 Å². The molecule has 0 saturated carbocycles. The molecule has 14 heavy (non-hydrogen) atoms. The number of allylic oxidation sites excluding steroid dienone is 1. The molecular formula is C12H22O2. The van der Waals surface area contributed by atoms with Crippen molar-refractivity contribution < 1.29 is 9.53 Å². The maximum atomic E-state index is 10.4. The average Bonchev–Trinajstić information content (AvgIpc) is 2.22. The largest absolute Gasteiger partial charge is 0.377 e. The van der Waals surface area contributed by atoms with Crippen LogP contribution in [0, 0.1) is 5.92 Å². The lowest BCUT2D eigenvalue weighted by atomic mass is 10.1. The van der Waals surface area contributed by atoms with Crippen molar-refractivity contribution in [1.29, 1.82) is 0 Å². The van der Waals surface area contributed by atoms with Gasteiger partial charge < -0.3 is 9.53 Å². The second-order valence-electron chi connectivity index (χ2n) is 3.65. The predicted octanol–water partition coefficient (Wildman–Crippen LogP) is 2.97. The van der Waals surface area contributed by atoms with Gasteiger partial charge in [-0.25, -0.2) is 0 Å². The Bertz CT molecular complexity index is 164. The molecular weight excluding hydrogens is 176 g/mol. The Morgan fingerprint density at radius 2 is 2.00 bits per heavy atom. The van der Waals surface area contributed by atoms with Crippen LogP contribution < -0.4 is 0 Å². The van der Waals surface area contributed by atoms with E-state index in [0.29, 0.717) is 0 Å². The van der Waals surface area contributed by atoms with E-state index in [-0.39, 0.29) is 12.0 Å². The SMILES string of the molecule is CCCCCC(C=CC(C)C=O)OC. The Labute approximate surface area is 87.3 Å².